The minimum absolute atomic E-state index is 0.0689. The number of imidazole rings is 1. The summed E-state index contributed by atoms with van der Waals surface area (Å²) in [6.45, 7) is 9.67. The molecule has 34 heavy (non-hydrogen) atoms. The highest BCUT2D eigenvalue weighted by Crippen LogP contribution is 2.27. The molecule has 0 spiro atoms. The predicted molar refractivity (Wildman–Crippen MR) is 133 cm³/mol. The normalized spacial score (nSPS) is 15.1. The summed E-state index contributed by atoms with van der Waals surface area (Å²) in [6.07, 6.45) is 4.60. The fourth-order valence-corrected chi connectivity index (χ4v) is 5.34. The van der Waals surface area contributed by atoms with E-state index >= 15 is 0 Å². The van der Waals surface area contributed by atoms with Gasteiger partial charge in [0.15, 0.2) is 5.65 Å². The zero-order valence-corrected chi connectivity index (χ0v) is 20.3. The van der Waals surface area contributed by atoms with Crippen molar-refractivity contribution in [1.29, 1.82) is 0 Å². The summed E-state index contributed by atoms with van der Waals surface area (Å²) in [6, 6.07) is 8.15. The van der Waals surface area contributed by atoms with Crippen molar-refractivity contribution in [3.63, 3.8) is 0 Å². The predicted octanol–water partition coefficient (Wildman–Crippen LogP) is 4.07. The van der Waals surface area contributed by atoms with Gasteiger partial charge in [-0.3, -0.25) is 9.36 Å². The van der Waals surface area contributed by atoms with Crippen molar-refractivity contribution in [2.45, 2.75) is 65.5 Å². The van der Waals surface area contributed by atoms with Crippen LogP contribution in [0.2, 0.25) is 0 Å². The Kier molecular flexibility index (Phi) is 5.75. The molecule has 1 aliphatic heterocycles. The Morgan fingerprint density at radius 1 is 1.18 bits per heavy atom. The van der Waals surface area contributed by atoms with E-state index < -0.39 is 0 Å². The fourth-order valence-electron chi connectivity index (χ4n) is 5.34. The lowest BCUT2D eigenvalue weighted by atomic mass is 9.99. The van der Waals surface area contributed by atoms with Crippen molar-refractivity contribution in [3.8, 4) is 0 Å². The Morgan fingerprint density at radius 3 is 2.65 bits per heavy atom. The number of para-hydroxylation sites is 2. The summed E-state index contributed by atoms with van der Waals surface area (Å²) in [4.78, 5) is 35.3. The van der Waals surface area contributed by atoms with Crippen molar-refractivity contribution in [2.24, 2.45) is 0 Å². The number of rotatable bonds is 5. The summed E-state index contributed by atoms with van der Waals surface area (Å²) in [5.41, 5.74) is 5.92. The molecular weight excluding hydrogens is 428 g/mol. The average molecular weight is 461 g/mol. The number of aromatic amines is 1. The highest BCUT2D eigenvalue weighted by molar-refractivity contribution is 5.81. The van der Waals surface area contributed by atoms with E-state index in [0.29, 0.717) is 25.9 Å². The maximum absolute atomic E-state index is 13.0. The molecule has 1 saturated heterocycles. The summed E-state index contributed by atoms with van der Waals surface area (Å²) in [7, 11) is 0. The summed E-state index contributed by atoms with van der Waals surface area (Å²) in [5, 5.41) is 5.57. The molecule has 8 nitrogen and oxygen atoms in total. The smallest absolute Gasteiger partial charge is 0.326 e. The zero-order valence-electron chi connectivity index (χ0n) is 20.3. The number of nitrogens with zero attached hydrogens (tertiary/aromatic N) is 5. The second kappa shape index (κ2) is 8.74. The quantitative estimate of drug-likeness (QED) is 0.486. The van der Waals surface area contributed by atoms with Crippen molar-refractivity contribution < 1.29 is 4.79 Å². The number of hydrogen-bond acceptors (Lipinski definition) is 4. The Hall–Kier alpha value is -3.42. The third-order valence-corrected chi connectivity index (χ3v) is 7.22. The first-order chi connectivity index (χ1) is 16.3. The minimum Gasteiger partial charge on any atom is -0.343 e. The van der Waals surface area contributed by atoms with Gasteiger partial charge >= 0.3 is 5.69 Å². The van der Waals surface area contributed by atoms with Crippen molar-refractivity contribution in [2.75, 3.05) is 13.1 Å². The zero-order chi connectivity index (χ0) is 24.0. The minimum atomic E-state index is -0.0689. The second-order valence-electron chi connectivity index (χ2n) is 9.65. The Labute approximate surface area is 198 Å². The van der Waals surface area contributed by atoms with Crippen LogP contribution in [0.5, 0.6) is 0 Å². The maximum atomic E-state index is 13.0. The molecule has 0 atom stereocenters. The number of hydrogen-bond donors (Lipinski definition) is 1. The lowest BCUT2D eigenvalue weighted by molar-refractivity contribution is -0.132. The molecule has 0 saturated carbocycles. The van der Waals surface area contributed by atoms with Crippen LogP contribution in [0.3, 0.4) is 0 Å². The molecule has 178 valence electrons. The van der Waals surface area contributed by atoms with Crippen LogP contribution in [0.4, 0.5) is 0 Å². The molecule has 4 heterocycles. The van der Waals surface area contributed by atoms with Crippen LogP contribution in [-0.4, -0.2) is 48.2 Å². The number of pyridine rings is 1. The van der Waals surface area contributed by atoms with Crippen LogP contribution >= 0.6 is 0 Å². The Morgan fingerprint density at radius 2 is 1.91 bits per heavy atom. The molecule has 1 fully saturated rings. The molecule has 0 radical (unpaired) electrons. The van der Waals surface area contributed by atoms with Gasteiger partial charge in [0.2, 0.25) is 5.91 Å². The van der Waals surface area contributed by atoms with Crippen LogP contribution in [0, 0.1) is 13.8 Å². The number of benzene rings is 1. The summed E-state index contributed by atoms with van der Waals surface area (Å²) in [5.74, 6) is 0.168. The Bertz CT molecular complexity index is 1420. The van der Waals surface area contributed by atoms with Gasteiger partial charge in [-0.1, -0.05) is 12.1 Å². The number of piperidine rings is 1. The number of amides is 1. The van der Waals surface area contributed by atoms with E-state index in [-0.39, 0.29) is 23.7 Å². The van der Waals surface area contributed by atoms with Gasteiger partial charge in [0.1, 0.15) is 0 Å². The van der Waals surface area contributed by atoms with Crippen LogP contribution in [-0.2, 0) is 11.2 Å². The van der Waals surface area contributed by atoms with E-state index in [4.69, 9.17) is 4.98 Å². The van der Waals surface area contributed by atoms with E-state index in [9.17, 15) is 9.59 Å². The second-order valence-corrected chi connectivity index (χ2v) is 9.65. The molecular formula is C26H32N6O2. The first kappa shape index (κ1) is 22.4. The lowest BCUT2D eigenvalue weighted by Gasteiger charge is -2.32. The SMILES string of the molecule is Cc1nc2c(cnn2C(C)C)c(C)c1CCC(=O)N1CCC(n2c(=O)[nH]c3ccccc32)CC1. The van der Waals surface area contributed by atoms with Gasteiger partial charge in [0.25, 0.3) is 0 Å². The highest BCUT2D eigenvalue weighted by Gasteiger charge is 2.26. The number of carbonyl (C=O) groups is 1. The van der Waals surface area contributed by atoms with Crippen molar-refractivity contribution in [3.05, 3.63) is 57.8 Å². The third kappa shape index (κ3) is 3.81. The molecule has 8 heteroatoms. The Balaban J connectivity index is 1.25. The van der Waals surface area contributed by atoms with E-state index in [1.54, 1.807) is 0 Å². The molecule has 0 unspecified atom stereocenters. The van der Waals surface area contributed by atoms with Crippen LogP contribution in [0.25, 0.3) is 22.1 Å². The van der Waals surface area contributed by atoms with E-state index in [0.717, 1.165) is 46.2 Å². The van der Waals surface area contributed by atoms with Gasteiger partial charge in [-0.15, -0.1) is 0 Å². The topological polar surface area (TPSA) is 88.8 Å². The van der Waals surface area contributed by atoms with Crippen molar-refractivity contribution in [1.82, 2.24) is 29.2 Å². The van der Waals surface area contributed by atoms with E-state index in [1.807, 2.05) is 51.5 Å². The number of likely N-dealkylation sites (tertiary alicyclic amines) is 1. The van der Waals surface area contributed by atoms with Crippen LogP contribution < -0.4 is 5.69 Å². The van der Waals surface area contributed by atoms with E-state index in [1.165, 1.54) is 5.56 Å². The molecule has 0 bridgehead atoms. The molecule has 1 aromatic carbocycles. The third-order valence-electron chi connectivity index (χ3n) is 7.22. The highest BCUT2D eigenvalue weighted by atomic mass is 16.2. The van der Waals surface area contributed by atoms with Gasteiger partial charge in [-0.2, -0.15) is 5.10 Å². The van der Waals surface area contributed by atoms with Gasteiger partial charge < -0.3 is 9.88 Å². The number of aromatic nitrogens is 5. The van der Waals surface area contributed by atoms with Gasteiger partial charge in [-0.05, 0) is 70.2 Å². The van der Waals surface area contributed by atoms with Gasteiger partial charge in [0, 0.05) is 42.7 Å². The summed E-state index contributed by atoms with van der Waals surface area (Å²) < 4.78 is 3.82. The van der Waals surface area contributed by atoms with Crippen LogP contribution in [0.15, 0.2) is 35.3 Å². The first-order valence-corrected chi connectivity index (χ1v) is 12.2. The molecule has 5 rings (SSSR count). The molecule has 1 amide bonds. The van der Waals surface area contributed by atoms with Crippen molar-refractivity contribution >= 4 is 28.0 Å². The number of fused-ring (bicyclic) bond motifs is 2. The number of carbonyl (C=O) groups excluding carboxylic acids is 1. The largest absolute Gasteiger partial charge is 0.343 e. The molecule has 4 aromatic rings. The fraction of sp³-hybridized carbons (Fsp3) is 0.462. The molecule has 1 aliphatic rings. The van der Waals surface area contributed by atoms with Gasteiger partial charge in [0.05, 0.1) is 17.2 Å². The van der Waals surface area contributed by atoms with Gasteiger partial charge in [-0.25, -0.2) is 14.5 Å². The first-order valence-electron chi connectivity index (χ1n) is 12.2. The summed E-state index contributed by atoms with van der Waals surface area (Å²) >= 11 is 0. The average Bonchev–Trinajstić information content (AvgIpc) is 3.39. The maximum Gasteiger partial charge on any atom is 0.326 e. The van der Waals surface area contributed by atoms with E-state index in [2.05, 4.69) is 30.9 Å². The monoisotopic (exact) mass is 460 g/mol. The standard InChI is InChI=1S/C26H32N6O2/c1-16(2)32-25-21(15-27-32)17(3)20(18(4)28-25)9-10-24(33)30-13-11-19(12-14-30)31-23-8-6-5-7-22(23)29-26(31)34/h5-8,15-16,19H,9-14H2,1-4H3,(H,29,34). The molecule has 1 N–H and O–H groups in total. The van der Waals surface area contributed by atoms with Crippen LogP contribution in [0.1, 0.15) is 62.0 Å². The lowest BCUT2D eigenvalue weighted by Crippen LogP contribution is -2.40. The molecule has 0 aliphatic carbocycles. The number of H-pyrrole nitrogens is 1. The number of aryl methyl sites for hydroxylation is 2. The molecule has 3 aromatic heterocycles. The number of nitrogens with one attached hydrogen (secondary N) is 1.